The van der Waals surface area contributed by atoms with Gasteiger partial charge in [-0.15, -0.1) is 0 Å². The summed E-state index contributed by atoms with van der Waals surface area (Å²) in [5.41, 5.74) is 1.36. The molecule has 0 bridgehead atoms. The lowest BCUT2D eigenvalue weighted by molar-refractivity contribution is -0.128. The van der Waals surface area contributed by atoms with Gasteiger partial charge in [-0.05, 0) is 24.8 Å². The van der Waals surface area contributed by atoms with E-state index in [-0.39, 0.29) is 5.91 Å². The normalized spacial score (nSPS) is 24.1. The van der Waals surface area contributed by atoms with E-state index in [2.05, 4.69) is 40.5 Å². The second-order valence-corrected chi connectivity index (χ2v) is 5.84. The predicted molar refractivity (Wildman–Crippen MR) is 75.6 cm³/mol. The summed E-state index contributed by atoms with van der Waals surface area (Å²) in [5, 5.41) is 3.22. The molecule has 1 saturated carbocycles. The van der Waals surface area contributed by atoms with Crippen LogP contribution in [0.4, 0.5) is 0 Å². The molecule has 1 N–H and O–H groups in total. The smallest absolute Gasteiger partial charge is 0.223 e. The molecule has 0 radical (unpaired) electrons. The third-order valence-electron chi connectivity index (χ3n) is 4.34. The van der Waals surface area contributed by atoms with Gasteiger partial charge in [0, 0.05) is 31.6 Å². The minimum atomic E-state index is 0.290. The molecule has 1 amide bonds. The van der Waals surface area contributed by atoms with Crippen molar-refractivity contribution in [2.45, 2.75) is 38.3 Å². The number of likely N-dealkylation sites (tertiary alicyclic amines) is 1. The van der Waals surface area contributed by atoms with Crippen molar-refractivity contribution in [1.82, 2.24) is 10.2 Å². The van der Waals surface area contributed by atoms with Gasteiger partial charge in [0.05, 0.1) is 0 Å². The summed E-state index contributed by atoms with van der Waals surface area (Å²) < 4.78 is 0. The van der Waals surface area contributed by atoms with Crippen LogP contribution in [0, 0.1) is 5.92 Å². The fraction of sp³-hybridized carbons (Fsp3) is 0.562. The highest BCUT2D eigenvalue weighted by Gasteiger charge is 2.29. The number of carbonyl (C=O) groups is 1. The molecule has 1 heterocycles. The number of carbonyl (C=O) groups excluding carboxylic acids is 1. The first-order chi connectivity index (χ1) is 9.31. The molecule has 1 saturated heterocycles. The third-order valence-corrected chi connectivity index (χ3v) is 4.34. The zero-order valence-electron chi connectivity index (χ0n) is 11.3. The minimum Gasteiger partial charge on any atom is -0.352 e. The average molecular weight is 258 g/mol. The van der Waals surface area contributed by atoms with Gasteiger partial charge < -0.3 is 5.32 Å². The molecule has 0 aromatic heterocycles. The van der Waals surface area contributed by atoms with E-state index in [0.717, 1.165) is 38.9 Å². The molecule has 2 aliphatic rings. The Bertz CT molecular complexity index is 428. The summed E-state index contributed by atoms with van der Waals surface area (Å²) in [7, 11) is 0. The second kappa shape index (κ2) is 5.74. The van der Waals surface area contributed by atoms with Crippen molar-refractivity contribution in [2.24, 2.45) is 5.92 Å². The maximum absolute atomic E-state index is 11.9. The van der Waals surface area contributed by atoms with Gasteiger partial charge in [-0.3, -0.25) is 9.69 Å². The Morgan fingerprint density at radius 1 is 1.21 bits per heavy atom. The van der Waals surface area contributed by atoms with E-state index in [4.69, 9.17) is 0 Å². The standard InChI is InChI=1S/C16H22N2O/c19-16(14-7-4-8-14)17-15-9-10-18(12-15)11-13-5-2-1-3-6-13/h1-3,5-6,14-15H,4,7-12H2,(H,17,19)/t15-/m1/s1. The predicted octanol–water partition coefficient (Wildman–Crippen LogP) is 2.18. The van der Waals surface area contributed by atoms with Gasteiger partial charge in [0.25, 0.3) is 0 Å². The van der Waals surface area contributed by atoms with Gasteiger partial charge in [-0.1, -0.05) is 36.8 Å². The lowest BCUT2D eigenvalue weighted by atomic mass is 9.84. The first kappa shape index (κ1) is 12.7. The summed E-state index contributed by atoms with van der Waals surface area (Å²) in [6, 6.07) is 10.9. The monoisotopic (exact) mass is 258 g/mol. The summed E-state index contributed by atoms with van der Waals surface area (Å²) in [6.45, 7) is 3.08. The van der Waals surface area contributed by atoms with Crippen molar-refractivity contribution in [1.29, 1.82) is 0 Å². The van der Waals surface area contributed by atoms with Gasteiger partial charge >= 0.3 is 0 Å². The van der Waals surface area contributed by atoms with Crippen LogP contribution in [0.5, 0.6) is 0 Å². The van der Waals surface area contributed by atoms with E-state index in [0.29, 0.717) is 12.0 Å². The third kappa shape index (κ3) is 3.16. The molecule has 3 nitrogen and oxygen atoms in total. The molecule has 102 valence electrons. The summed E-state index contributed by atoms with van der Waals surface area (Å²) in [4.78, 5) is 14.3. The van der Waals surface area contributed by atoms with Gasteiger partial charge in [0.15, 0.2) is 0 Å². The van der Waals surface area contributed by atoms with Crippen LogP contribution in [-0.2, 0) is 11.3 Å². The van der Waals surface area contributed by atoms with Gasteiger partial charge in [-0.25, -0.2) is 0 Å². The zero-order valence-corrected chi connectivity index (χ0v) is 11.3. The number of hydrogen-bond donors (Lipinski definition) is 1. The van der Waals surface area contributed by atoms with Crippen LogP contribution < -0.4 is 5.32 Å². The highest BCUT2D eigenvalue weighted by atomic mass is 16.2. The molecule has 1 aromatic carbocycles. The largest absolute Gasteiger partial charge is 0.352 e. The number of amides is 1. The number of nitrogens with zero attached hydrogens (tertiary/aromatic N) is 1. The highest BCUT2D eigenvalue weighted by Crippen LogP contribution is 2.26. The average Bonchev–Trinajstić information content (AvgIpc) is 2.75. The van der Waals surface area contributed by atoms with Gasteiger partial charge in [-0.2, -0.15) is 0 Å². The number of hydrogen-bond acceptors (Lipinski definition) is 2. The Morgan fingerprint density at radius 3 is 2.68 bits per heavy atom. The van der Waals surface area contributed by atoms with Gasteiger partial charge in [0.2, 0.25) is 5.91 Å². The number of benzene rings is 1. The first-order valence-electron chi connectivity index (χ1n) is 7.38. The SMILES string of the molecule is O=C(N[C@@H]1CCN(Cc2ccccc2)C1)C1CCC1. The maximum atomic E-state index is 11.9. The zero-order chi connectivity index (χ0) is 13.1. The number of nitrogens with one attached hydrogen (secondary N) is 1. The van der Waals surface area contributed by atoms with E-state index < -0.39 is 0 Å². The first-order valence-corrected chi connectivity index (χ1v) is 7.38. The summed E-state index contributed by atoms with van der Waals surface area (Å²) in [6.07, 6.45) is 4.49. The maximum Gasteiger partial charge on any atom is 0.223 e. The quantitative estimate of drug-likeness (QED) is 0.897. The Morgan fingerprint density at radius 2 is 2.00 bits per heavy atom. The van der Waals surface area contributed by atoms with Crippen LogP contribution in [0.15, 0.2) is 30.3 Å². The lowest BCUT2D eigenvalue weighted by Crippen LogP contribution is -2.42. The van der Waals surface area contributed by atoms with Crippen LogP contribution in [0.1, 0.15) is 31.2 Å². The van der Waals surface area contributed by atoms with E-state index in [1.165, 1.54) is 12.0 Å². The summed E-state index contributed by atoms with van der Waals surface area (Å²) >= 11 is 0. The fourth-order valence-electron chi connectivity index (χ4n) is 2.93. The highest BCUT2D eigenvalue weighted by molar-refractivity contribution is 5.79. The van der Waals surface area contributed by atoms with E-state index in [1.807, 2.05) is 0 Å². The number of rotatable bonds is 4. The van der Waals surface area contributed by atoms with Crippen LogP contribution in [-0.4, -0.2) is 29.9 Å². The Balaban J connectivity index is 1.46. The fourth-order valence-corrected chi connectivity index (χ4v) is 2.93. The van der Waals surface area contributed by atoms with E-state index in [9.17, 15) is 4.79 Å². The molecule has 1 aliphatic carbocycles. The van der Waals surface area contributed by atoms with Crippen molar-refractivity contribution in [2.75, 3.05) is 13.1 Å². The van der Waals surface area contributed by atoms with Gasteiger partial charge in [0.1, 0.15) is 0 Å². The molecular formula is C16H22N2O. The molecule has 3 rings (SSSR count). The second-order valence-electron chi connectivity index (χ2n) is 5.84. The van der Waals surface area contributed by atoms with Crippen molar-refractivity contribution < 1.29 is 4.79 Å². The van der Waals surface area contributed by atoms with Crippen molar-refractivity contribution >= 4 is 5.91 Å². The van der Waals surface area contributed by atoms with Crippen LogP contribution in [0.3, 0.4) is 0 Å². The minimum absolute atomic E-state index is 0.290. The molecule has 19 heavy (non-hydrogen) atoms. The molecule has 1 aliphatic heterocycles. The van der Waals surface area contributed by atoms with E-state index in [1.54, 1.807) is 0 Å². The Hall–Kier alpha value is -1.35. The molecule has 1 atom stereocenters. The van der Waals surface area contributed by atoms with Crippen molar-refractivity contribution in [3.05, 3.63) is 35.9 Å². The molecule has 3 heteroatoms. The van der Waals surface area contributed by atoms with Crippen molar-refractivity contribution in [3.8, 4) is 0 Å². The molecule has 0 unspecified atom stereocenters. The topological polar surface area (TPSA) is 32.3 Å². The molecule has 0 spiro atoms. The Kier molecular flexibility index (Phi) is 3.83. The van der Waals surface area contributed by atoms with Crippen LogP contribution >= 0.6 is 0 Å². The van der Waals surface area contributed by atoms with Crippen molar-refractivity contribution in [3.63, 3.8) is 0 Å². The lowest BCUT2D eigenvalue weighted by Gasteiger charge is -2.26. The van der Waals surface area contributed by atoms with E-state index >= 15 is 0 Å². The molecular weight excluding hydrogens is 236 g/mol. The Labute approximate surface area is 115 Å². The molecule has 2 fully saturated rings. The van der Waals surface area contributed by atoms with Crippen LogP contribution in [0.2, 0.25) is 0 Å². The summed E-state index contributed by atoms with van der Waals surface area (Å²) in [5.74, 6) is 0.598. The molecule has 1 aromatic rings. The van der Waals surface area contributed by atoms with Crippen LogP contribution in [0.25, 0.3) is 0 Å².